The number of nitrogens with two attached hydrogens (primary N) is 1. The van der Waals surface area contributed by atoms with Gasteiger partial charge < -0.3 is 4.74 Å². The summed E-state index contributed by atoms with van der Waals surface area (Å²) in [6, 6.07) is 6.73. The van der Waals surface area contributed by atoms with E-state index < -0.39 is 0 Å². The lowest BCUT2D eigenvalue weighted by atomic mass is 9.85. The third kappa shape index (κ3) is 3.98. The molecule has 1 atom stereocenters. The second-order valence-corrected chi connectivity index (χ2v) is 7.07. The normalized spacial score (nSPS) is 19.6. The van der Waals surface area contributed by atoms with Crippen LogP contribution in [-0.2, 0) is 16.6 Å². The average molecular weight is 290 g/mol. The number of hydrogen-bond donors (Lipinski definition) is 1. The molecule has 0 spiro atoms. The third-order valence-corrected chi connectivity index (χ3v) is 4.21. The highest BCUT2D eigenvalue weighted by Gasteiger charge is 2.23. The molecule has 1 aromatic carbocycles. The van der Waals surface area contributed by atoms with Crippen molar-refractivity contribution in [2.45, 2.75) is 71.4 Å². The minimum absolute atomic E-state index is 0.0181. The molecule has 0 aliphatic carbocycles. The van der Waals surface area contributed by atoms with Crippen LogP contribution in [0, 0.1) is 0 Å². The number of aryl methyl sites for hydroxylation is 1. The molecule has 1 fully saturated rings. The molecule has 0 radical (unpaired) electrons. The molecular weight excluding hydrogens is 260 g/mol. The standard InChI is InChI=1S/C18H30N2O/c1-5-8-14-10-11-15(18(2,3)4)13-16(14)20(19)17-9-6-7-12-21-17/h10-11,13,17H,5-9,12,19H2,1-4H3. The zero-order valence-corrected chi connectivity index (χ0v) is 14.0. The molecule has 0 aromatic heterocycles. The number of rotatable bonds is 4. The summed E-state index contributed by atoms with van der Waals surface area (Å²) < 4.78 is 5.85. The summed E-state index contributed by atoms with van der Waals surface area (Å²) in [6.45, 7) is 9.75. The summed E-state index contributed by atoms with van der Waals surface area (Å²) in [5.41, 5.74) is 3.91. The molecule has 1 aliphatic heterocycles. The minimum atomic E-state index is 0.0181. The van der Waals surface area contributed by atoms with Gasteiger partial charge in [0.15, 0.2) is 0 Å². The largest absolute Gasteiger partial charge is 0.357 e. The Morgan fingerprint density at radius 2 is 2.05 bits per heavy atom. The molecule has 0 bridgehead atoms. The van der Waals surface area contributed by atoms with Crippen LogP contribution in [0.4, 0.5) is 5.69 Å². The zero-order chi connectivity index (χ0) is 15.5. The average Bonchev–Trinajstić information content (AvgIpc) is 2.47. The van der Waals surface area contributed by atoms with Gasteiger partial charge >= 0.3 is 0 Å². The van der Waals surface area contributed by atoms with Gasteiger partial charge in [0, 0.05) is 6.61 Å². The van der Waals surface area contributed by atoms with Crippen LogP contribution in [-0.4, -0.2) is 12.8 Å². The van der Waals surface area contributed by atoms with Gasteiger partial charge in [0.2, 0.25) is 0 Å². The van der Waals surface area contributed by atoms with Crippen molar-refractivity contribution in [1.29, 1.82) is 0 Å². The van der Waals surface area contributed by atoms with Crippen LogP contribution in [0.5, 0.6) is 0 Å². The van der Waals surface area contributed by atoms with Gasteiger partial charge in [-0.05, 0) is 48.3 Å². The van der Waals surface area contributed by atoms with Crippen molar-refractivity contribution in [2.75, 3.05) is 11.6 Å². The van der Waals surface area contributed by atoms with Crippen molar-refractivity contribution in [2.24, 2.45) is 5.84 Å². The number of hydrogen-bond acceptors (Lipinski definition) is 3. The van der Waals surface area contributed by atoms with E-state index in [1.54, 1.807) is 0 Å². The maximum Gasteiger partial charge on any atom is 0.143 e. The summed E-state index contributed by atoms with van der Waals surface area (Å²) in [5.74, 6) is 6.42. The highest BCUT2D eigenvalue weighted by atomic mass is 16.5. The van der Waals surface area contributed by atoms with Gasteiger partial charge in [-0.1, -0.05) is 46.2 Å². The van der Waals surface area contributed by atoms with Crippen LogP contribution in [0.2, 0.25) is 0 Å². The van der Waals surface area contributed by atoms with Gasteiger partial charge in [-0.15, -0.1) is 0 Å². The molecule has 1 saturated heterocycles. The number of ether oxygens (including phenoxy) is 1. The van der Waals surface area contributed by atoms with Crippen molar-refractivity contribution < 1.29 is 4.74 Å². The van der Waals surface area contributed by atoms with Gasteiger partial charge in [0.05, 0.1) is 5.69 Å². The Morgan fingerprint density at radius 3 is 2.62 bits per heavy atom. The Bertz CT molecular complexity index is 459. The summed E-state index contributed by atoms with van der Waals surface area (Å²) in [6.07, 6.45) is 5.56. The molecule has 2 rings (SSSR count). The first kappa shape index (κ1) is 16.3. The molecule has 2 N–H and O–H groups in total. The molecule has 1 unspecified atom stereocenters. The SMILES string of the molecule is CCCc1ccc(C(C)(C)C)cc1N(N)C1CCCCO1. The van der Waals surface area contributed by atoms with E-state index >= 15 is 0 Å². The van der Waals surface area contributed by atoms with E-state index in [9.17, 15) is 0 Å². The Kier molecular flexibility index (Phi) is 5.28. The van der Waals surface area contributed by atoms with Crippen LogP contribution in [0.25, 0.3) is 0 Å². The monoisotopic (exact) mass is 290 g/mol. The number of nitrogens with zero attached hydrogens (tertiary/aromatic N) is 1. The second kappa shape index (κ2) is 6.80. The summed E-state index contributed by atoms with van der Waals surface area (Å²) in [4.78, 5) is 0. The smallest absolute Gasteiger partial charge is 0.143 e. The van der Waals surface area contributed by atoms with Crippen molar-refractivity contribution in [3.63, 3.8) is 0 Å². The Hall–Kier alpha value is -1.06. The van der Waals surface area contributed by atoms with E-state index in [2.05, 4.69) is 45.9 Å². The van der Waals surface area contributed by atoms with E-state index in [0.717, 1.165) is 38.0 Å². The van der Waals surface area contributed by atoms with E-state index in [-0.39, 0.29) is 11.6 Å². The van der Waals surface area contributed by atoms with E-state index in [1.165, 1.54) is 17.5 Å². The minimum Gasteiger partial charge on any atom is -0.357 e. The Balaban J connectivity index is 2.32. The number of hydrazine groups is 1. The van der Waals surface area contributed by atoms with E-state index in [4.69, 9.17) is 10.6 Å². The molecule has 1 aliphatic rings. The van der Waals surface area contributed by atoms with E-state index in [0.29, 0.717) is 0 Å². The number of anilines is 1. The first-order chi connectivity index (χ1) is 9.93. The summed E-state index contributed by atoms with van der Waals surface area (Å²) in [5, 5.41) is 1.86. The fourth-order valence-corrected chi connectivity index (χ4v) is 2.85. The quantitative estimate of drug-likeness (QED) is 0.669. The van der Waals surface area contributed by atoms with E-state index in [1.807, 2.05) is 5.01 Å². The molecule has 1 heterocycles. The van der Waals surface area contributed by atoms with Crippen LogP contribution < -0.4 is 10.9 Å². The molecular formula is C18H30N2O. The molecule has 21 heavy (non-hydrogen) atoms. The first-order valence-electron chi connectivity index (χ1n) is 8.22. The molecule has 0 saturated carbocycles. The van der Waals surface area contributed by atoms with Crippen LogP contribution in [0.15, 0.2) is 18.2 Å². The molecule has 118 valence electrons. The van der Waals surface area contributed by atoms with Gasteiger partial charge in [0.1, 0.15) is 6.23 Å². The lowest BCUT2D eigenvalue weighted by Crippen LogP contribution is -2.45. The maximum atomic E-state index is 6.42. The Labute approximate surface area is 129 Å². The van der Waals surface area contributed by atoms with Gasteiger partial charge in [-0.25, -0.2) is 5.84 Å². The maximum absolute atomic E-state index is 6.42. The number of benzene rings is 1. The molecule has 0 amide bonds. The van der Waals surface area contributed by atoms with Crippen LogP contribution in [0.3, 0.4) is 0 Å². The highest BCUT2D eigenvalue weighted by Crippen LogP contribution is 2.31. The fourth-order valence-electron chi connectivity index (χ4n) is 2.85. The third-order valence-electron chi connectivity index (χ3n) is 4.21. The molecule has 3 nitrogen and oxygen atoms in total. The predicted molar refractivity (Wildman–Crippen MR) is 89.4 cm³/mol. The summed E-state index contributed by atoms with van der Waals surface area (Å²) in [7, 11) is 0. The lowest BCUT2D eigenvalue weighted by molar-refractivity contribution is 0.0140. The second-order valence-electron chi connectivity index (χ2n) is 7.07. The van der Waals surface area contributed by atoms with Crippen molar-refractivity contribution in [3.05, 3.63) is 29.3 Å². The van der Waals surface area contributed by atoms with Crippen molar-refractivity contribution >= 4 is 5.69 Å². The lowest BCUT2D eigenvalue weighted by Gasteiger charge is -2.34. The molecule has 1 aromatic rings. The van der Waals surface area contributed by atoms with Crippen LogP contribution >= 0.6 is 0 Å². The summed E-state index contributed by atoms with van der Waals surface area (Å²) >= 11 is 0. The van der Waals surface area contributed by atoms with Crippen LogP contribution in [0.1, 0.15) is 64.5 Å². The predicted octanol–water partition coefficient (Wildman–Crippen LogP) is 4.14. The van der Waals surface area contributed by atoms with Gasteiger partial charge in [0.25, 0.3) is 0 Å². The van der Waals surface area contributed by atoms with Crippen molar-refractivity contribution in [1.82, 2.24) is 0 Å². The van der Waals surface area contributed by atoms with Gasteiger partial charge in [-0.2, -0.15) is 0 Å². The zero-order valence-electron chi connectivity index (χ0n) is 14.0. The Morgan fingerprint density at radius 1 is 1.29 bits per heavy atom. The topological polar surface area (TPSA) is 38.5 Å². The first-order valence-corrected chi connectivity index (χ1v) is 8.22. The van der Waals surface area contributed by atoms with Crippen molar-refractivity contribution in [3.8, 4) is 0 Å². The highest BCUT2D eigenvalue weighted by molar-refractivity contribution is 5.56. The van der Waals surface area contributed by atoms with Gasteiger partial charge in [-0.3, -0.25) is 5.01 Å². The fraction of sp³-hybridized carbons (Fsp3) is 0.667. The molecule has 3 heteroatoms.